The van der Waals surface area contributed by atoms with Crippen molar-refractivity contribution in [2.24, 2.45) is 5.73 Å². The fraction of sp³-hybridized carbons (Fsp3) is 0.467. The highest BCUT2D eigenvalue weighted by atomic mass is 35.5. The standard InChI is InChI=1S/C15H22N4O3.2ClH/c1-22-13-5-3-2-4-12(13)18-6-8-19(9-7-18)15(21)11-17-14(20)10-16;;/h2-5H,6-11,16H2,1H3,(H,17,20);2*1H. The molecule has 0 atom stereocenters. The van der Waals surface area contributed by atoms with Crippen LogP contribution in [-0.2, 0) is 9.59 Å². The molecule has 24 heavy (non-hydrogen) atoms. The number of hydrogen-bond acceptors (Lipinski definition) is 5. The summed E-state index contributed by atoms with van der Waals surface area (Å²) < 4.78 is 5.37. The maximum absolute atomic E-state index is 12.0. The minimum absolute atomic E-state index is 0. The number of piperazine rings is 1. The Labute approximate surface area is 154 Å². The zero-order valence-electron chi connectivity index (χ0n) is 13.6. The highest BCUT2D eigenvalue weighted by Crippen LogP contribution is 2.28. The number of nitrogens with two attached hydrogens (primary N) is 1. The molecule has 136 valence electrons. The highest BCUT2D eigenvalue weighted by Gasteiger charge is 2.22. The molecule has 0 radical (unpaired) electrons. The first-order valence-electron chi connectivity index (χ1n) is 7.28. The second-order valence-electron chi connectivity index (χ2n) is 5.02. The molecule has 7 nitrogen and oxygen atoms in total. The summed E-state index contributed by atoms with van der Waals surface area (Å²) in [7, 11) is 1.65. The second kappa shape index (κ2) is 11.0. The molecule has 0 bridgehead atoms. The number of hydrogen-bond donors (Lipinski definition) is 2. The van der Waals surface area contributed by atoms with Crippen molar-refractivity contribution in [3.63, 3.8) is 0 Å². The Morgan fingerprint density at radius 2 is 1.79 bits per heavy atom. The third-order valence-electron chi connectivity index (χ3n) is 3.68. The first-order chi connectivity index (χ1) is 10.7. The predicted octanol–water partition coefficient (Wildman–Crippen LogP) is 0.262. The molecule has 3 N–H and O–H groups in total. The van der Waals surface area contributed by atoms with Crippen LogP contribution in [-0.4, -0.2) is 63.1 Å². The summed E-state index contributed by atoms with van der Waals surface area (Å²) in [5.74, 6) is 0.431. The topological polar surface area (TPSA) is 87.9 Å². The number of ether oxygens (including phenoxy) is 1. The van der Waals surface area contributed by atoms with Gasteiger partial charge in [0.25, 0.3) is 0 Å². The number of amides is 2. The molecule has 9 heteroatoms. The van der Waals surface area contributed by atoms with Crippen LogP contribution in [0.3, 0.4) is 0 Å². The molecule has 1 aromatic carbocycles. The van der Waals surface area contributed by atoms with Gasteiger partial charge >= 0.3 is 0 Å². The predicted molar refractivity (Wildman–Crippen MR) is 98.3 cm³/mol. The van der Waals surface area contributed by atoms with E-state index in [-0.39, 0.29) is 49.7 Å². The normalized spacial score (nSPS) is 13.4. The lowest BCUT2D eigenvalue weighted by atomic mass is 10.2. The minimum Gasteiger partial charge on any atom is -0.495 e. The molecule has 0 unspecified atom stereocenters. The molecule has 1 aliphatic rings. The molecular formula is C15H24Cl2N4O3. The van der Waals surface area contributed by atoms with Crippen molar-refractivity contribution in [1.29, 1.82) is 0 Å². The lowest BCUT2D eigenvalue weighted by Crippen LogP contribution is -2.51. The van der Waals surface area contributed by atoms with Gasteiger partial charge in [0.15, 0.2) is 0 Å². The fourth-order valence-corrected chi connectivity index (χ4v) is 2.45. The van der Waals surface area contributed by atoms with E-state index in [0.717, 1.165) is 24.5 Å². The SMILES string of the molecule is COc1ccccc1N1CCN(C(=O)CNC(=O)CN)CC1.Cl.Cl. The van der Waals surface area contributed by atoms with Crippen molar-refractivity contribution >= 4 is 42.3 Å². The van der Waals surface area contributed by atoms with Crippen LogP contribution < -0.4 is 20.7 Å². The van der Waals surface area contributed by atoms with Gasteiger partial charge in [0, 0.05) is 26.2 Å². The van der Waals surface area contributed by atoms with E-state index in [4.69, 9.17) is 10.5 Å². The lowest BCUT2D eigenvalue weighted by Gasteiger charge is -2.36. The van der Waals surface area contributed by atoms with Gasteiger partial charge in [-0.15, -0.1) is 24.8 Å². The number of para-hydroxylation sites is 2. The van der Waals surface area contributed by atoms with Gasteiger partial charge in [-0.2, -0.15) is 0 Å². The van der Waals surface area contributed by atoms with E-state index in [1.165, 1.54) is 0 Å². The van der Waals surface area contributed by atoms with Crippen LogP contribution in [0.4, 0.5) is 5.69 Å². The smallest absolute Gasteiger partial charge is 0.242 e. The van der Waals surface area contributed by atoms with Gasteiger partial charge in [-0.3, -0.25) is 9.59 Å². The molecule has 0 spiro atoms. The summed E-state index contributed by atoms with van der Waals surface area (Å²) in [4.78, 5) is 27.0. The lowest BCUT2D eigenvalue weighted by molar-refractivity contribution is -0.132. The summed E-state index contributed by atoms with van der Waals surface area (Å²) in [6.45, 7) is 2.61. The number of carbonyl (C=O) groups excluding carboxylic acids is 2. The molecule has 0 aliphatic carbocycles. The zero-order valence-corrected chi connectivity index (χ0v) is 15.2. The van der Waals surface area contributed by atoms with Crippen molar-refractivity contribution in [3.05, 3.63) is 24.3 Å². The first kappa shape index (κ1) is 22.3. The molecule has 1 aromatic rings. The molecule has 2 amide bonds. The van der Waals surface area contributed by atoms with Crippen LogP contribution >= 0.6 is 24.8 Å². The summed E-state index contributed by atoms with van der Waals surface area (Å²) in [6.07, 6.45) is 0. The summed E-state index contributed by atoms with van der Waals surface area (Å²) in [5.41, 5.74) is 6.23. The quantitative estimate of drug-likeness (QED) is 0.767. The molecule has 0 aromatic heterocycles. The van der Waals surface area contributed by atoms with Crippen molar-refractivity contribution in [2.45, 2.75) is 0 Å². The maximum Gasteiger partial charge on any atom is 0.242 e. The van der Waals surface area contributed by atoms with E-state index in [9.17, 15) is 9.59 Å². The number of halogens is 2. The average molecular weight is 379 g/mol. The fourth-order valence-electron chi connectivity index (χ4n) is 2.45. The summed E-state index contributed by atoms with van der Waals surface area (Å²) >= 11 is 0. The van der Waals surface area contributed by atoms with Crippen LogP contribution in [0.2, 0.25) is 0 Å². The van der Waals surface area contributed by atoms with Gasteiger partial charge < -0.3 is 25.6 Å². The second-order valence-corrected chi connectivity index (χ2v) is 5.02. The van der Waals surface area contributed by atoms with Gasteiger partial charge in [-0.25, -0.2) is 0 Å². The average Bonchev–Trinajstić information content (AvgIpc) is 2.59. The Morgan fingerprint density at radius 1 is 1.17 bits per heavy atom. The Morgan fingerprint density at radius 3 is 2.38 bits per heavy atom. The number of rotatable bonds is 5. The van der Waals surface area contributed by atoms with Crippen LogP contribution in [0.25, 0.3) is 0 Å². The Bertz CT molecular complexity index is 537. The van der Waals surface area contributed by atoms with Gasteiger partial charge in [0.2, 0.25) is 11.8 Å². The Hall–Kier alpha value is -1.70. The molecule has 1 saturated heterocycles. The van der Waals surface area contributed by atoms with Crippen LogP contribution in [0, 0.1) is 0 Å². The summed E-state index contributed by atoms with van der Waals surface area (Å²) in [6, 6.07) is 7.84. The number of methoxy groups -OCH3 is 1. The van der Waals surface area contributed by atoms with E-state index in [1.807, 2.05) is 24.3 Å². The monoisotopic (exact) mass is 378 g/mol. The highest BCUT2D eigenvalue weighted by molar-refractivity contribution is 5.86. The van der Waals surface area contributed by atoms with Crippen molar-refractivity contribution in [3.8, 4) is 5.75 Å². The number of anilines is 1. The molecule has 1 heterocycles. The Kier molecular flexibility index (Phi) is 10.2. The van der Waals surface area contributed by atoms with Crippen molar-refractivity contribution in [2.75, 3.05) is 51.3 Å². The first-order valence-corrected chi connectivity index (χ1v) is 7.28. The van der Waals surface area contributed by atoms with Gasteiger partial charge in [0.05, 0.1) is 25.9 Å². The van der Waals surface area contributed by atoms with Crippen molar-refractivity contribution < 1.29 is 14.3 Å². The van der Waals surface area contributed by atoms with Crippen LogP contribution in [0.1, 0.15) is 0 Å². The van der Waals surface area contributed by atoms with Gasteiger partial charge in [-0.05, 0) is 12.1 Å². The van der Waals surface area contributed by atoms with E-state index in [0.29, 0.717) is 13.1 Å². The minimum atomic E-state index is -0.319. The van der Waals surface area contributed by atoms with Crippen LogP contribution in [0.15, 0.2) is 24.3 Å². The van der Waals surface area contributed by atoms with E-state index >= 15 is 0 Å². The molecule has 0 saturated carbocycles. The van der Waals surface area contributed by atoms with Gasteiger partial charge in [0.1, 0.15) is 5.75 Å². The molecule has 1 aliphatic heterocycles. The van der Waals surface area contributed by atoms with Crippen molar-refractivity contribution in [1.82, 2.24) is 10.2 Å². The van der Waals surface area contributed by atoms with Crippen LogP contribution in [0.5, 0.6) is 5.75 Å². The number of benzene rings is 1. The zero-order chi connectivity index (χ0) is 15.9. The number of carbonyl (C=O) groups is 2. The molecule has 2 rings (SSSR count). The van der Waals surface area contributed by atoms with E-state index in [1.54, 1.807) is 12.0 Å². The van der Waals surface area contributed by atoms with E-state index < -0.39 is 0 Å². The number of nitrogens with zero attached hydrogens (tertiary/aromatic N) is 2. The maximum atomic E-state index is 12.0. The molecule has 1 fully saturated rings. The largest absolute Gasteiger partial charge is 0.495 e. The Balaban J connectivity index is 0.00000264. The number of nitrogens with one attached hydrogen (secondary N) is 1. The molecular weight excluding hydrogens is 355 g/mol. The third kappa shape index (κ3) is 5.74. The summed E-state index contributed by atoms with van der Waals surface area (Å²) in [5, 5.41) is 2.50. The van der Waals surface area contributed by atoms with Gasteiger partial charge in [-0.1, -0.05) is 12.1 Å². The third-order valence-corrected chi connectivity index (χ3v) is 3.68. The van der Waals surface area contributed by atoms with E-state index in [2.05, 4.69) is 10.2 Å².